The van der Waals surface area contributed by atoms with Crippen molar-refractivity contribution in [1.82, 2.24) is 5.32 Å². The van der Waals surface area contributed by atoms with Crippen LogP contribution in [0.25, 0.3) is 0 Å². The molecule has 0 aromatic heterocycles. The number of hydrogen-bond donors (Lipinski definition) is 1. The van der Waals surface area contributed by atoms with Gasteiger partial charge in [0, 0.05) is 36.2 Å². The van der Waals surface area contributed by atoms with Crippen molar-refractivity contribution in [2.45, 2.75) is 323 Å². The van der Waals surface area contributed by atoms with Crippen molar-refractivity contribution in [3.8, 4) is 0 Å². The summed E-state index contributed by atoms with van der Waals surface area (Å²) in [6.07, 6.45) is 49.3. The Morgan fingerprint density at radius 1 is 0.409 bits per heavy atom. The van der Waals surface area contributed by atoms with Crippen LogP contribution in [0.15, 0.2) is 0 Å². The van der Waals surface area contributed by atoms with Gasteiger partial charge in [-0.25, -0.2) is 0 Å². The van der Waals surface area contributed by atoms with Gasteiger partial charge in [-0.3, -0.25) is 19.2 Å². The fourth-order valence-electron chi connectivity index (χ4n) is 8.79. The molecule has 0 fully saturated rings. The number of ketones is 1. The van der Waals surface area contributed by atoms with E-state index in [0.29, 0.717) is 30.8 Å². The number of hydrogen-bond acceptors (Lipinski definition) is 7. The van der Waals surface area contributed by atoms with Crippen molar-refractivity contribution in [3.05, 3.63) is 0 Å². The van der Waals surface area contributed by atoms with Gasteiger partial charge in [-0.05, 0) is 19.3 Å². The van der Waals surface area contributed by atoms with Gasteiger partial charge in [-0.1, -0.05) is 273 Å². The van der Waals surface area contributed by atoms with Gasteiger partial charge in [0.2, 0.25) is 5.91 Å². The number of thioether (sulfide) groups is 1. The van der Waals surface area contributed by atoms with Crippen molar-refractivity contribution in [1.29, 1.82) is 0 Å². The number of unbranched alkanes of at least 4 members (excludes halogenated alkanes) is 36. The molecule has 0 aromatic carbocycles. The third-order valence-corrected chi connectivity index (χ3v) is 14.4. The third kappa shape index (κ3) is 44.9. The average Bonchev–Trinajstić information content (AvgIpc) is 3.29. The summed E-state index contributed by atoms with van der Waals surface area (Å²) >= 11 is 1.48. The lowest BCUT2D eigenvalue weighted by Gasteiger charge is -2.26. The summed E-state index contributed by atoms with van der Waals surface area (Å²) in [5.41, 5.74) is -0.614. The van der Waals surface area contributed by atoms with Gasteiger partial charge >= 0.3 is 11.9 Å². The smallest absolute Gasteiger partial charge is 0.306 e. The molecular weight excluding hydrogens is 839 g/mol. The molecule has 66 heavy (non-hydrogen) atoms. The third-order valence-electron chi connectivity index (χ3n) is 13.2. The molecule has 0 bridgehead atoms. The van der Waals surface area contributed by atoms with E-state index in [4.69, 9.17) is 9.47 Å². The SMILES string of the molecule is CCCCCCCCCCCCCCCC(=O)N[C@@H](CSCC(COC(=O)CCCCCCCCCCCCCCC)OC(=O)CCCCCCCCCCCCCCC)C(=O)C(C)(C)C. The number of Topliss-reactive ketones (excluding diaryl/α,β-unsaturated/α-hetero) is 1. The van der Waals surface area contributed by atoms with Crippen molar-refractivity contribution in [2.24, 2.45) is 5.41 Å². The first-order valence-electron chi connectivity index (χ1n) is 28.8. The summed E-state index contributed by atoms with van der Waals surface area (Å²) in [7, 11) is 0. The monoisotopic (exact) mass is 950 g/mol. The molecule has 1 unspecified atom stereocenters. The molecule has 0 aliphatic rings. The highest BCUT2D eigenvalue weighted by atomic mass is 32.2. The maximum absolute atomic E-state index is 13.5. The molecule has 0 spiro atoms. The molecule has 390 valence electrons. The second kappa shape index (κ2) is 48.5. The van der Waals surface area contributed by atoms with E-state index in [9.17, 15) is 19.2 Å². The van der Waals surface area contributed by atoms with E-state index < -0.39 is 17.6 Å². The van der Waals surface area contributed by atoms with Gasteiger partial charge in [0.15, 0.2) is 5.78 Å². The van der Waals surface area contributed by atoms with E-state index in [0.717, 1.165) is 57.8 Å². The van der Waals surface area contributed by atoms with Crippen molar-refractivity contribution >= 4 is 35.4 Å². The van der Waals surface area contributed by atoms with Crippen LogP contribution in [0.2, 0.25) is 0 Å². The number of nitrogens with one attached hydrogen (secondary N) is 1. The highest BCUT2D eigenvalue weighted by Crippen LogP contribution is 2.22. The van der Waals surface area contributed by atoms with Crippen LogP contribution in [-0.4, -0.2) is 53.9 Å². The zero-order valence-electron chi connectivity index (χ0n) is 44.8. The quantitative estimate of drug-likeness (QED) is 0.0479. The van der Waals surface area contributed by atoms with Crippen molar-refractivity contribution in [3.63, 3.8) is 0 Å². The second-order valence-electron chi connectivity index (χ2n) is 21.0. The Hall–Kier alpha value is -1.57. The van der Waals surface area contributed by atoms with Crippen LogP contribution < -0.4 is 5.32 Å². The summed E-state index contributed by atoms with van der Waals surface area (Å²) in [4.78, 5) is 52.5. The fraction of sp³-hybridized carbons (Fsp3) is 0.931. The lowest BCUT2D eigenvalue weighted by Crippen LogP contribution is -2.47. The van der Waals surface area contributed by atoms with Gasteiger partial charge in [0.25, 0.3) is 0 Å². The Morgan fingerprint density at radius 3 is 1.05 bits per heavy atom. The Balaban J connectivity index is 4.87. The van der Waals surface area contributed by atoms with E-state index >= 15 is 0 Å². The Bertz CT molecular complexity index is 1110. The maximum atomic E-state index is 13.5. The molecule has 0 aliphatic heterocycles. The van der Waals surface area contributed by atoms with E-state index in [1.165, 1.54) is 204 Å². The number of amides is 1. The van der Waals surface area contributed by atoms with E-state index in [-0.39, 0.29) is 30.2 Å². The first kappa shape index (κ1) is 64.4. The number of esters is 2. The Labute approximate surface area is 414 Å². The average molecular weight is 951 g/mol. The summed E-state index contributed by atoms with van der Waals surface area (Å²) in [5, 5.41) is 3.06. The van der Waals surface area contributed by atoms with Crippen LogP contribution in [0.5, 0.6) is 0 Å². The van der Waals surface area contributed by atoms with Crippen molar-refractivity contribution in [2.75, 3.05) is 18.1 Å². The molecule has 1 amide bonds. The van der Waals surface area contributed by atoms with Crippen LogP contribution in [0.1, 0.15) is 311 Å². The minimum atomic E-state index is -0.635. The van der Waals surface area contributed by atoms with E-state index in [1.54, 1.807) is 0 Å². The zero-order valence-corrected chi connectivity index (χ0v) is 45.6. The topological polar surface area (TPSA) is 98.8 Å². The Kier molecular flexibility index (Phi) is 47.3. The standard InChI is InChI=1S/C58H111NO6S/c1-7-10-13-16-19-22-25-28-31-34-37-40-43-46-54(60)59-53(57(63)58(4,5)6)51-66-50-52(65-56(62)48-45-42-39-36-33-30-27-24-21-18-15-12-9-3)49-64-55(61)47-44-41-38-35-32-29-26-23-20-17-14-11-8-2/h52-53H,7-51H2,1-6H3,(H,59,60)/t52?,53-/m0/s1. The van der Waals surface area contributed by atoms with Crippen LogP contribution in [0.3, 0.4) is 0 Å². The molecule has 7 nitrogen and oxygen atoms in total. The predicted octanol–water partition coefficient (Wildman–Crippen LogP) is 17.7. The highest BCUT2D eigenvalue weighted by molar-refractivity contribution is 7.99. The molecule has 2 atom stereocenters. The van der Waals surface area contributed by atoms with Gasteiger partial charge < -0.3 is 14.8 Å². The zero-order chi connectivity index (χ0) is 48.6. The molecule has 0 aromatic rings. The number of carbonyl (C=O) groups is 4. The molecule has 0 heterocycles. The molecule has 0 radical (unpaired) electrons. The molecule has 0 aliphatic carbocycles. The number of ether oxygens (including phenoxy) is 2. The van der Waals surface area contributed by atoms with Crippen molar-refractivity contribution < 1.29 is 28.7 Å². The molecule has 0 saturated carbocycles. The first-order chi connectivity index (χ1) is 32.0. The molecule has 0 saturated heterocycles. The van der Waals surface area contributed by atoms with Gasteiger partial charge in [-0.15, -0.1) is 0 Å². The van der Waals surface area contributed by atoms with Crippen LogP contribution >= 0.6 is 11.8 Å². The molecule has 1 N–H and O–H groups in total. The van der Waals surface area contributed by atoms with Crippen LogP contribution in [0, 0.1) is 5.41 Å². The predicted molar refractivity (Wildman–Crippen MR) is 285 cm³/mol. The number of rotatable bonds is 51. The second-order valence-corrected chi connectivity index (χ2v) is 22.1. The van der Waals surface area contributed by atoms with E-state index in [1.807, 2.05) is 20.8 Å². The lowest BCUT2D eigenvalue weighted by molar-refractivity contribution is -0.157. The van der Waals surface area contributed by atoms with Gasteiger partial charge in [0.05, 0.1) is 6.04 Å². The molecular formula is C58H111NO6S. The van der Waals surface area contributed by atoms with Gasteiger partial charge in [0.1, 0.15) is 12.7 Å². The van der Waals surface area contributed by atoms with Crippen LogP contribution in [0.4, 0.5) is 0 Å². The normalized spacial score (nSPS) is 12.6. The summed E-state index contributed by atoms with van der Waals surface area (Å²) in [6, 6.07) is -0.635. The van der Waals surface area contributed by atoms with Crippen LogP contribution in [-0.2, 0) is 28.7 Å². The summed E-state index contributed by atoms with van der Waals surface area (Å²) < 4.78 is 11.6. The Morgan fingerprint density at radius 2 is 0.712 bits per heavy atom. The maximum Gasteiger partial charge on any atom is 0.306 e. The molecule has 8 heteroatoms. The highest BCUT2D eigenvalue weighted by Gasteiger charge is 2.31. The summed E-state index contributed by atoms with van der Waals surface area (Å²) in [6.45, 7) is 12.5. The minimum absolute atomic E-state index is 0.00565. The first-order valence-corrected chi connectivity index (χ1v) is 30.0. The lowest BCUT2D eigenvalue weighted by atomic mass is 9.87. The summed E-state index contributed by atoms with van der Waals surface area (Å²) in [5.74, 6) is 0.170. The largest absolute Gasteiger partial charge is 0.462 e. The fourth-order valence-corrected chi connectivity index (χ4v) is 9.82. The van der Waals surface area contributed by atoms with Gasteiger partial charge in [-0.2, -0.15) is 11.8 Å². The molecule has 0 rings (SSSR count). The van der Waals surface area contributed by atoms with E-state index in [2.05, 4.69) is 26.1 Å². The number of carbonyl (C=O) groups excluding carboxylic acids is 4. The minimum Gasteiger partial charge on any atom is -0.462 e.